The van der Waals surface area contributed by atoms with Crippen molar-refractivity contribution in [1.29, 1.82) is 0 Å². The molecule has 1 fully saturated rings. The third kappa shape index (κ3) is 4.50. The highest BCUT2D eigenvalue weighted by atomic mass is 16.6. The number of hydrazone groups is 1. The third-order valence-corrected chi connectivity index (χ3v) is 4.40. The average Bonchev–Trinajstić information content (AvgIpc) is 3.04. The largest absolute Gasteiger partial charge is 0.507 e. The van der Waals surface area contributed by atoms with Crippen LogP contribution in [0.5, 0.6) is 5.75 Å². The minimum atomic E-state index is -0.596. The van der Waals surface area contributed by atoms with Crippen LogP contribution < -0.4 is 5.43 Å². The number of amides is 2. The summed E-state index contributed by atoms with van der Waals surface area (Å²) in [6.07, 6.45) is 1.22. The molecule has 3 rings (SSSR count). The summed E-state index contributed by atoms with van der Waals surface area (Å²) in [6, 6.07) is 13.0. The predicted molar refractivity (Wildman–Crippen MR) is 100 cm³/mol. The Kier molecular flexibility index (Phi) is 5.64. The van der Waals surface area contributed by atoms with Crippen molar-refractivity contribution in [2.24, 2.45) is 11.0 Å². The second-order valence-electron chi connectivity index (χ2n) is 6.40. The first-order valence-electron chi connectivity index (χ1n) is 8.56. The first-order chi connectivity index (χ1) is 13.4. The van der Waals surface area contributed by atoms with Gasteiger partial charge in [-0.1, -0.05) is 30.3 Å². The van der Waals surface area contributed by atoms with Gasteiger partial charge in [-0.05, 0) is 11.6 Å². The SMILES string of the molecule is O=C(N/N=C/c1cc([N+](=O)[O-])ccc1O)C1CC(=O)N(Cc2ccccc2)C1. The smallest absolute Gasteiger partial charge is 0.270 e. The summed E-state index contributed by atoms with van der Waals surface area (Å²) in [4.78, 5) is 36.2. The molecule has 0 saturated carbocycles. The first-order valence-corrected chi connectivity index (χ1v) is 8.56. The fourth-order valence-corrected chi connectivity index (χ4v) is 2.92. The molecule has 1 unspecified atom stereocenters. The third-order valence-electron chi connectivity index (χ3n) is 4.40. The lowest BCUT2D eigenvalue weighted by Crippen LogP contribution is -2.30. The molecule has 9 nitrogen and oxygen atoms in total. The summed E-state index contributed by atoms with van der Waals surface area (Å²) < 4.78 is 0. The van der Waals surface area contributed by atoms with Crippen LogP contribution >= 0.6 is 0 Å². The van der Waals surface area contributed by atoms with Crippen molar-refractivity contribution in [3.05, 3.63) is 69.8 Å². The Labute approximate surface area is 160 Å². The van der Waals surface area contributed by atoms with E-state index in [-0.39, 0.29) is 35.9 Å². The minimum absolute atomic E-state index is 0.0935. The second-order valence-corrected chi connectivity index (χ2v) is 6.40. The maximum absolute atomic E-state index is 12.3. The van der Waals surface area contributed by atoms with E-state index in [2.05, 4.69) is 10.5 Å². The summed E-state index contributed by atoms with van der Waals surface area (Å²) in [5.41, 5.74) is 3.20. The lowest BCUT2D eigenvalue weighted by atomic mass is 10.1. The number of phenolic OH excluding ortho intramolecular Hbond substituents is 1. The Morgan fingerprint density at radius 1 is 1.32 bits per heavy atom. The second kappa shape index (κ2) is 8.30. The predicted octanol–water partition coefficient (Wildman–Crippen LogP) is 1.80. The molecule has 28 heavy (non-hydrogen) atoms. The Morgan fingerprint density at radius 3 is 2.79 bits per heavy atom. The molecule has 0 aromatic heterocycles. The normalized spacial score (nSPS) is 16.5. The molecule has 2 N–H and O–H groups in total. The quantitative estimate of drug-likeness (QED) is 0.448. The number of carbonyl (C=O) groups is 2. The van der Waals surface area contributed by atoms with Crippen LogP contribution in [0.25, 0.3) is 0 Å². The van der Waals surface area contributed by atoms with Gasteiger partial charge in [-0.2, -0.15) is 5.10 Å². The van der Waals surface area contributed by atoms with Crippen LogP contribution in [-0.2, 0) is 16.1 Å². The van der Waals surface area contributed by atoms with E-state index in [4.69, 9.17) is 0 Å². The van der Waals surface area contributed by atoms with Crippen molar-refractivity contribution in [3.8, 4) is 5.75 Å². The van der Waals surface area contributed by atoms with E-state index in [1.807, 2.05) is 30.3 Å². The van der Waals surface area contributed by atoms with Crippen LogP contribution in [0.4, 0.5) is 5.69 Å². The molecule has 0 aliphatic carbocycles. The molecule has 1 atom stereocenters. The number of hydrogen-bond acceptors (Lipinski definition) is 6. The van der Waals surface area contributed by atoms with E-state index in [1.54, 1.807) is 4.90 Å². The van der Waals surface area contributed by atoms with Crippen molar-refractivity contribution in [2.45, 2.75) is 13.0 Å². The van der Waals surface area contributed by atoms with Gasteiger partial charge in [0.2, 0.25) is 11.8 Å². The van der Waals surface area contributed by atoms with Gasteiger partial charge < -0.3 is 10.0 Å². The van der Waals surface area contributed by atoms with Gasteiger partial charge in [0.15, 0.2) is 0 Å². The number of nitro benzene ring substituents is 1. The first kappa shape index (κ1) is 19.0. The zero-order valence-electron chi connectivity index (χ0n) is 14.8. The number of phenols is 1. The van der Waals surface area contributed by atoms with Crippen molar-refractivity contribution >= 4 is 23.7 Å². The summed E-state index contributed by atoms with van der Waals surface area (Å²) in [5.74, 6) is -1.27. The lowest BCUT2D eigenvalue weighted by Gasteiger charge is -2.16. The number of hydrogen-bond donors (Lipinski definition) is 2. The molecule has 0 radical (unpaired) electrons. The molecule has 1 aliphatic rings. The molecule has 1 saturated heterocycles. The van der Waals surface area contributed by atoms with Crippen LogP contribution in [0.3, 0.4) is 0 Å². The van der Waals surface area contributed by atoms with Gasteiger partial charge >= 0.3 is 0 Å². The monoisotopic (exact) mass is 382 g/mol. The summed E-state index contributed by atoms with van der Waals surface area (Å²) in [6.45, 7) is 0.728. The zero-order chi connectivity index (χ0) is 20.1. The number of nitrogens with zero attached hydrogens (tertiary/aromatic N) is 3. The van der Waals surface area contributed by atoms with E-state index in [1.165, 1.54) is 6.07 Å². The van der Waals surface area contributed by atoms with E-state index in [0.717, 1.165) is 23.9 Å². The minimum Gasteiger partial charge on any atom is -0.507 e. The molecule has 1 aliphatic heterocycles. The van der Waals surface area contributed by atoms with Crippen molar-refractivity contribution in [3.63, 3.8) is 0 Å². The fraction of sp³-hybridized carbons (Fsp3) is 0.211. The van der Waals surface area contributed by atoms with Crippen molar-refractivity contribution in [1.82, 2.24) is 10.3 Å². The zero-order valence-corrected chi connectivity index (χ0v) is 14.8. The molecule has 9 heteroatoms. The molecular weight excluding hydrogens is 364 g/mol. The maximum Gasteiger partial charge on any atom is 0.270 e. The van der Waals surface area contributed by atoms with Crippen LogP contribution in [0.1, 0.15) is 17.5 Å². The van der Waals surface area contributed by atoms with Gasteiger partial charge in [-0.15, -0.1) is 0 Å². The summed E-state index contributed by atoms with van der Waals surface area (Å²) >= 11 is 0. The van der Waals surface area contributed by atoms with Crippen LogP contribution in [-0.4, -0.2) is 39.5 Å². The van der Waals surface area contributed by atoms with E-state index < -0.39 is 16.7 Å². The molecule has 1 heterocycles. The maximum atomic E-state index is 12.3. The van der Waals surface area contributed by atoms with Crippen LogP contribution in [0.15, 0.2) is 53.6 Å². The molecule has 2 aromatic carbocycles. The van der Waals surface area contributed by atoms with Crippen LogP contribution in [0, 0.1) is 16.0 Å². The van der Waals surface area contributed by atoms with Gasteiger partial charge in [-0.3, -0.25) is 19.7 Å². The van der Waals surface area contributed by atoms with Crippen molar-refractivity contribution in [2.75, 3.05) is 6.54 Å². The Bertz CT molecular complexity index is 929. The molecule has 0 spiro atoms. The van der Waals surface area contributed by atoms with E-state index in [9.17, 15) is 24.8 Å². The Morgan fingerprint density at radius 2 is 2.07 bits per heavy atom. The molecular formula is C19H18N4O5. The van der Waals surface area contributed by atoms with Gasteiger partial charge in [-0.25, -0.2) is 5.43 Å². The number of carbonyl (C=O) groups excluding carboxylic acids is 2. The number of non-ortho nitro benzene ring substituents is 1. The lowest BCUT2D eigenvalue weighted by molar-refractivity contribution is -0.384. The van der Waals surface area contributed by atoms with Crippen LogP contribution in [0.2, 0.25) is 0 Å². The highest BCUT2D eigenvalue weighted by Gasteiger charge is 2.34. The summed E-state index contributed by atoms with van der Waals surface area (Å²) in [5, 5.41) is 24.3. The van der Waals surface area contributed by atoms with E-state index in [0.29, 0.717) is 6.54 Å². The average molecular weight is 382 g/mol. The Hall–Kier alpha value is -3.75. The molecule has 0 bridgehead atoms. The van der Waals surface area contributed by atoms with Gasteiger partial charge in [0.25, 0.3) is 5.69 Å². The van der Waals surface area contributed by atoms with Gasteiger partial charge in [0.1, 0.15) is 5.75 Å². The number of benzene rings is 2. The number of nitrogens with one attached hydrogen (secondary N) is 1. The molecule has 2 amide bonds. The molecule has 2 aromatic rings. The highest BCUT2D eigenvalue weighted by Crippen LogP contribution is 2.22. The van der Waals surface area contributed by atoms with Gasteiger partial charge in [0, 0.05) is 37.2 Å². The molecule has 144 valence electrons. The number of aromatic hydroxyl groups is 1. The Balaban J connectivity index is 1.58. The van der Waals surface area contributed by atoms with Gasteiger partial charge in [0.05, 0.1) is 17.1 Å². The number of nitro groups is 1. The van der Waals surface area contributed by atoms with E-state index >= 15 is 0 Å². The fourth-order valence-electron chi connectivity index (χ4n) is 2.92. The number of rotatable bonds is 6. The summed E-state index contributed by atoms with van der Waals surface area (Å²) in [7, 11) is 0. The van der Waals surface area contributed by atoms with Crippen molar-refractivity contribution < 1.29 is 19.6 Å². The highest BCUT2D eigenvalue weighted by molar-refractivity contribution is 5.90. The number of likely N-dealkylation sites (tertiary alicyclic amines) is 1. The topological polar surface area (TPSA) is 125 Å². The standard InChI is InChI=1S/C19H18N4O5/c24-17-7-6-16(23(27)28)8-14(17)10-20-21-19(26)15-9-18(25)22(12-15)11-13-4-2-1-3-5-13/h1-8,10,15,24H,9,11-12H2,(H,21,26)/b20-10+.